The van der Waals surface area contributed by atoms with Gasteiger partial charge in [-0.25, -0.2) is 8.78 Å². The predicted octanol–water partition coefficient (Wildman–Crippen LogP) is 4.87. The summed E-state index contributed by atoms with van der Waals surface area (Å²) in [6, 6.07) is 3.28. The van der Waals surface area contributed by atoms with Gasteiger partial charge < -0.3 is 15.2 Å². The Labute approximate surface area is 160 Å². The van der Waals surface area contributed by atoms with Crippen LogP contribution >= 0.6 is 11.8 Å². The molecule has 2 N–H and O–H groups in total. The number of alkyl halides is 8. The van der Waals surface area contributed by atoms with Crippen LogP contribution in [0.1, 0.15) is 12.0 Å². The molecule has 0 bridgehead atoms. The van der Waals surface area contributed by atoms with Crippen molar-refractivity contribution >= 4 is 17.7 Å². The van der Waals surface area contributed by atoms with Crippen LogP contribution in [-0.2, 0) is 0 Å². The molecular formula is C13H10F8N4O3S. The van der Waals surface area contributed by atoms with Crippen molar-refractivity contribution in [2.24, 2.45) is 0 Å². The maximum Gasteiger partial charge on any atom is 0.453 e. The number of thioether (sulfide) groups is 1. The number of halogens is 8. The maximum absolute atomic E-state index is 12.4. The Morgan fingerprint density at radius 2 is 1.69 bits per heavy atom. The molecule has 7 nitrogen and oxygen atoms in total. The van der Waals surface area contributed by atoms with Crippen LogP contribution in [0.3, 0.4) is 0 Å². The van der Waals surface area contributed by atoms with Crippen molar-refractivity contribution in [3.05, 3.63) is 33.9 Å². The van der Waals surface area contributed by atoms with Crippen LogP contribution in [0.5, 0.6) is 5.75 Å². The van der Waals surface area contributed by atoms with Crippen LogP contribution in [-0.4, -0.2) is 49.1 Å². The molecule has 1 heterocycles. The topological polar surface area (TPSA) is 105 Å². The number of benzene rings is 1. The summed E-state index contributed by atoms with van der Waals surface area (Å²) >= 11 is -0.183. The summed E-state index contributed by atoms with van der Waals surface area (Å²) in [7, 11) is 0. The molecule has 0 spiro atoms. The Morgan fingerprint density at radius 3 is 2.07 bits per heavy atom. The first-order valence-electron chi connectivity index (χ1n) is 7.09. The number of aromatic amines is 1. The van der Waals surface area contributed by atoms with Gasteiger partial charge >= 0.3 is 18.3 Å². The third-order valence-electron chi connectivity index (χ3n) is 2.70. The first kappa shape index (κ1) is 24.4. The number of H-pyrrole nitrogens is 1. The molecule has 0 aliphatic rings. The standard InChI is InChI=1S/C9H6F2N4O3.C4H4F6S/c10-7(11)5-2-1-4(3-6(5)16)8-12-9(14-13-8)15(17)18;5-3(6,7)1-11-2-4(8,9)10/h1-3,7,16H,(H,12,13,14);1-2H2. The Hall–Kier alpha value is -2.65. The number of aromatic nitrogens is 3. The zero-order valence-electron chi connectivity index (χ0n) is 13.8. The molecule has 0 fully saturated rings. The van der Waals surface area contributed by atoms with Crippen LogP contribution in [0, 0.1) is 10.1 Å². The van der Waals surface area contributed by atoms with E-state index in [1.165, 1.54) is 6.07 Å². The molecule has 0 unspecified atom stereocenters. The van der Waals surface area contributed by atoms with Gasteiger partial charge in [-0.05, 0) is 28.1 Å². The third kappa shape index (κ3) is 8.93. The smallest absolute Gasteiger partial charge is 0.453 e. The number of phenolic OH excluding ortho intramolecular Hbond substituents is 1. The van der Waals surface area contributed by atoms with E-state index in [4.69, 9.17) is 0 Å². The summed E-state index contributed by atoms with van der Waals surface area (Å²) in [6.45, 7) is 0. The molecule has 1 aromatic carbocycles. The Balaban J connectivity index is 0.000000331. The molecule has 0 amide bonds. The molecule has 162 valence electrons. The van der Waals surface area contributed by atoms with Gasteiger partial charge in [0.05, 0.1) is 17.1 Å². The molecule has 16 heteroatoms. The predicted molar refractivity (Wildman–Crippen MR) is 84.5 cm³/mol. The number of rotatable bonds is 5. The maximum atomic E-state index is 12.4. The summed E-state index contributed by atoms with van der Waals surface area (Å²) in [4.78, 5) is 13.1. The number of nitrogens with zero attached hydrogens (tertiary/aromatic N) is 3. The van der Waals surface area contributed by atoms with Crippen molar-refractivity contribution in [1.82, 2.24) is 15.2 Å². The fraction of sp³-hybridized carbons (Fsp3) is 0.385. The van der Waals surface area contributed by atoms with Gasteiger partial charge in [-0.2, -0.15) is 26.3 Å². The lowest BCUT2D eigenvalue weighted by Gasteiger charge is -2.07. The van der Waals surface area contributed by atoms with E-state index in [0.29, 0.717) is 0 Å². The molecule has 0 saturated carbocycles. The lowest BCUT2D eigenvalue weighted by atomic mass is 10.1. The van der Waals surface area contributed by atoms with Crippen molar-refractivity contribution in [1.29, 1.82) is 0 Å². The summed E-state index contributed by atoms with van der Waals surface area (Å²) in [6.07, 6.45) is -11.8. The number of hydrogen-bond donors (Lipinski definition) is 2. The number of phenols is 1. The molecule has 29 heavy (non-hydrogen) atoms. The molecule has 0 aliphatic carbocycles. The zero-order chi connectivity index (χ0) is 22.4. The summed E-state index contributed by atoms with van der Waals surface area (Å²) in [5.41, 5.74) is -0.329. The lowest BCUT2D eigenvalue weighted by molar-refractivity contribution is -0.394. The van der Waals surface area contributed by atoms with E-state index in [2.05, 4.69) is 15.2 Å². The minimum absolute atomic E-state index is 0.0576. The van der Waals surface area contributed by atoms with Crippen LogP contribution in [0.4, 0.5) is 41.1 Å². The second-order valence-electron chi connectivity index (χ2n) is 5.04. The van der Waals surface area contributed by atoms with Crippen molar-refractivity contribution in [2.45, 2.75) is 18.8 Å². The van der Waals surface area contributed by atoms with Crippen molar-refractivity contribution in [2.75, 3.05) is 11.5 Å². The highest BCUT2D eigenvalue weighted by Gasteiger charge is 2.32. The van der Waals surface area contributed by atoms with Gasteiger partial charge in [-0.1, -0.05) is 5.10 Å². The summed E-state index contributed by atoms with van der Waals surface area (Å²) in [5.74, 6) is -4.14. The molecule has 0 radical (unpaired) electrons. The molecule has 1 aromatic heterocycles. The van der Waals surface area contributed by atoms with Crippen molar-refractivity contribution in [3.8, 4) is 17.1 Å². The molecule has 0 atom stereocenters. The van der Waals surface area contributed by atoms with E-state index in [1.54, 1.807) is 0 Å². The molecule has 2 rings (SSSR count). The minimum atomic E-state index is -4.52. The first-order chi connectivity index (χ1) is 13.2. The van der Waals surface area contributed by atoms with Gasteiger partial charge in [0.2, 0.25) is 0 Å². The van der Waals surface area contributed by atoms with E-state index in [9.17, 15) is 50.3 Å². The summed E-state index contributed by atoms with van der Waals surface area (Å²) in [5, 5.41) is 25.4. The Kier molecular flexibility index (Phi) is 8.16. The quantitative estimate of drug-likeness (QED) is 0.380. The van der Waals surface area contributed by atoms with E-state index < -0.39 is 52.5 Å². The number of hydrogen-bond acceptors (Lipinski definition) is 6. The zero-order valence-corrected chi connectivity index (χ0v) is 14.6. The monoisotopic (exact) mass is 454 g/mol. The highest BCUT2D eigenvalue weighted by Crippen LogP contribution is 2.31. The molecular weight excluding hydrogens is 444 g/mol. The average molecular weight is 454 g/mol. The highest BCUT2D eigenvalue weighted by atomic mass is 32.2. The third-order valence-corrected chi connectivity index (χ3v) is 3.76. The van der Waals surface area contributed by atoms with Gasteiger partial charge in [0.1, 0.15) is 5.75 Å². The molecule has 0 saturated heterocycles. The van der Waals surface area contributed by atoms with Gasteiger partial charge in [0.15, 0.2) is 0 Å². The number of aromatic hydroxyl groups is 1. The van der Waals surface area contributed by atoms with Crippen molar-refractivity contribution in [3.63, 3.8) is 0 Å². The van der Waals surface area contributed by atoms with Crippen molar-refractivity contribution < 1.29 is 45.2 Å². The lowest BCUT2D eigenvalue weighted by Crippen LogP contribution is -2.16. The second kappa shape index (κ2) is 9.71. The minimum Gasteiger partial charge on any atom is -0.507 e. The first-order valence-corrected chi connectivity index (χ1v) is 8.24. The van der Waals surface area contributed by atoms with E-state index in [1.807, 2.05) is 0 Å². The van der Waals surface area contributed by atoms with E-state index in [-0.39, 0.29) is 23.1 Å². The Bertz CT molecular complexity index is 811. The number of nitrogens with one attached hydrogen (secondary N) is 1. The summed E-state index contributed by atoms with van der Waals surface area (Å²) < 4.78 is 92.2. The highest BCUT2D eigenvalue weighted by molar-refractivity contribution is 7.99. The second-order valence-corrected chi connectivity index (χ2v) is 6.02. The average Bonchev–Trinajstić information content (AvgIpc) is 3.02. The van der Waals surface area contributed by atoms with Crippen LogP contribution in [0.25, 0.3) is 11.4 Å². The van der Waals surface area contributed by atoms with E-state index in [0.717, 1.165) is 12.1 Å². The Morgan fingerprint density at radius 1 is 1.14 bits per heavy atom. The van der Waals surface area contributed by atoms with Gasteiger partial charge in [-0.15, -0.1) is 16.9 Å². The van der Waals surface area contributed by atoms with Crippen LogP contribution < -0.4 is 0 Å². The molecule has 2 aromatic rings. The van der Waals surface area contributed by atoms with E-state index >= 15 is 0 Å². The number of nitro groups is 1. The van der Waals surface area contributed by atoms with Gasteiger partial charge in [-0.3, -0.25) is 0 Å². The normalized spacial score (nSPS) is 11.9. The van der Waals surface area contributed by atoms with Gasteiger partial charge in [0.25, 0.3) is 12.2 Å². The largest absolute Gasteiger partial charge is 0.507 e. The molecule has 0 aliphatic heterocycles. The fourth-order valence-corrected chi connectivity index (χ4v) is 2.18. The van der Waals surface area contributed by atoms with Crippen LogP contribution in [0.2, 0.25) is 0 Å². The van der Waals surface area contributed by atoms with Gasteiger partial charge in [0, 0.05) is 5.56 Å². The fourth-order valence-electron chi connectivity index (χ4n) is 1.61. The SMILES string of the molecule is FC(F)(F)CSCC(F)(F)F.O=[N+]([O-])c1nc(-c2ccc(C(F)F)c(O)c2)n[nH]1. The van der Waals surface area contributed by atoms with Crippen LogP contribution in [0.15, 0.2) is 18.2 Å².